The molecule has 1 aromatic rings. The number of halogens is 1. The molecule has 2 rings (SSSR count). The van der Waals surface area contributed by atoms with E-state index < -0.39 is 0 Å². The van der Waals surface area contributed by atoms with Crippen LogP contribution in [0.15, 0.2) is 29.3 Å². The second-order valence-electron chi connectivity index (χ2n) is 6.67. The van der Waals surface area contributed by atoms with Crippen molar-refractivity contribution in [2.45, 2.75) is 26.9 Å². The third kappa shape index (κ3) is 6.75. The van der Waals surface area contributed by atoms with Gasteiger partial charge in [0.2, 0.25) is 5.91 Å². The van der Waals surface area contributed by atoms with Gasteiger partial charge in [0.25, 0.3) is 0 Å². The van der Waals surface area contributed by atoms with Crippen LogP contribution in [-0.4, -0.2) is 73.4 Å². The van der Waals surface area contributed by atoms with E-state index in [0.717, 1.165) is 45.2 Å². The third-order valence-corrected chi connectivity index (χ3v) is 4.36. The van der Waals surface area contributed by atoms with E-state index in [2.05, 4.69) is 60.4 Å². The van der Waals surface area contributed by atoms with Gasteiger partial charge in [-0.05, 0) is 32.1 Å². The Morgan fingerprint density at radius 1 is 1.12 bits per heavy atom. The number of carbonyl (C=O) groups is 1. The molecule has 1 aromatic carbocycles. The molecule has 0 atom stereocenters. The van der Waals surface area contributed by atoms with Crippen LogP contribution in [0.4, 0.5) is 0 Å². The number of nitrogens with one attached hydrogen (secondary N) is 1. The van der Waals surface area contributed by atoms with Gasteiger partial charge in [-0.3, -0.25) is 4.79 Å². The molecule has 1 fully saturated rings. The van der Waals surface area contributed by atoms with Crippen molar-refractivity contribution in [3.63, 3.8) is 0 Å². The summed E-state index contributed by atoms with van der Waals surface area (Å²) in [5.74, 6) is 1.09. The van der Waals surface area contributed by atoms with Crippen LogP contribution in [0.3, 0.4) is 0 Å². The number of carbonyl (C=O) groups excluding carboxylic acids is 1. The molecule has 1 heterocycles. The highest BCUT2D eigenvalue weighted by molar-refractivity contribution is 14.0. The minimum Gasteiger partial charge on any atom is -0.357 e. The molecule has 1 N–H and O–H groups in total. The van der Waals surface area contributed by atoms with Gasteiger partial charge in [-0.15, -0.1) is 24.0 Å². The Kier molecular flexibility index (Phi) is 9.93. The molecule has 0 radical (unpaired) electrons. The molecule has 0 aliphatic carbocycles. The lowest BCUT2D eigenvalue weighted by atomic mass is 10.1. The second kappa shape index (κ2) is 11.4. The maximum atomic E-state index is 11.5. The summed E-state index contributed by atoms with van der Waals surface area (Å²) in [7, 11) is 4.16. The maximum absolute atomic E-state index is 11.5. The van der Waals surface area contributed by atoms with Crippen LogP contribution in [0.1, 0.15) is 25.0 Å². The van der Waals surface area contributed by atoms with Gasteiger partial charge in [-0.1, -0.05) is 24.3 Å². The predicted molar refractivity (Wildman–Crippen MR) is 118 cm³/mol. The first-order chi connectivity index (χ1) is 12.0. The van der Waals surface area contributed by atoms with E-state index in [-0.39, 0.29) is 29.9 Å². The lowest BCUT2D eigenvalue weighted by molar-refractivity contribution is -0.130. The van der Waals surface area contributed by atoms with Crippen LogP contribution in [-0.2, 0) is 17.9 Å². The minimum absolute atomic E-state index is 0. The van der Waals surface area contributed by atoms with Crippen LogP contribution < -0.4 is 5.32 Å². The van der Waals surface area contributed by atoms with Gasteiger partial charge in [0.05, 0.1) is 6.54 Å². The molecule has 26 heavy (non-hydrogen) atoms. The highest BCUT2D eigenvalue weighted by Gasteiger charge is 2.20. The van der Waals surface area contributed by atoms with Gasteiger partial charge >= 0.3 is 0 Å². The number of nitrogens with zero attached hydrogens (tertiary/aromatic N) is 4. The number of rotatable bonds is 5. The number of amides is 1. The highest BCUT2D eigenvalue weighted by Crippen LogP contribution is 2.12. The van der Waals surface area contributed by atoms with Gasteiger partial charge in [-0.25, -0.2) is 4.99 Å². The SMILES string of the molecule is CCNC(=NCc1ccccc1CN(C)C)N1CCN(C(C)=O)CC1.I. The zero-order valence-corrected chi connectivity index (χ0v) is 18.7. The molecular weight excluding hydrogens is 441 g/mol. The van der Waals surface area contributed by atoms with E-state index in [1.807, 2.05) is 4.90 Å². The van der Waals surface area contributed by atoms with Gasteiger partial charge in [0.1, 0.15) is 0 Å². The minimum atomic E-state index is 0. The topological polar surface area (TPSA) is 51.2 Å². The maximum Gasteiger partial charge on any atom is 0.219 e. The Morgan fingerprint density at radius 2 is 1.69 bits per heavy atom. The third-order valence-electron chi connectivity index (χ3n) is 4.36. The molecule has 146 valence electrons. The largest absolute Gasteiger partial charge is 0.357 e. The molecule has 0 spiro atoms. The Balaban J connectivity index is 0.00000338. The smallest absolute Gasteiger partial charge is 0.219 e. The van der Waals surface area contributed by atoms with E-state index in [1.165, 1.54) is 11.1 Å². The van der Waals surface area contributed by atoms with Crippen molar-refractivity contribution in [1.82, 2.24) is 20.0 Å². The molecule has 1 aliphatic heterocycles. The van der Waals surface area contributed by atoms with Crippen LogP contribution in [0.5, 0.6) is 0 Å². The van der Waals surface area contributed by atoms with E-state index in [4.69, 9.17) is 4.99 Å². The summed E-state index contributed by atoms with van der Waals surface area (Å²) in [4.78, 5) is 22.7. The molecule has 0 aromatic heterocycles. The fourth-order valence-electron chi connectivity index (χ4n) is 3.03. The fourth-order valence-corrected chi connectivity index (χ4v) is 3.03. The van der Waals surface area contributed by atoms with Crippen molar-refractivity contribution < 1.29 is 4.79 Å². The van der Waals surface area contributed by atoms with Crippen molar-refractivity contribution in [2.75, 3.05) is 46.8 Å². The molecular formula is C19H32IN5O. The molecule has 0 bridgehead atoms. The number of hydrogen-bond acceptors (Lipinski definition) is 3. The predicted octanol–water partition coefficient (Wildman–Crippen LogP) is 2.00. The van der Waals surface area contributed by atoms with Gasteiger partial charge in [-0.2, -0.15) is 0 Å². The lowest BCUT2D eigenvalue weighted by Gasteiger charge is -2.36. The summed E-state index contributed by atoms with van der Waals surface area (Å²) < 4.78 is 0. The molecule has 1 saturated heterocycles. The van der Waals surface area contributed by atoms with E-state index in [0.29, 0.717) is 6.54 Å². The quantitative estimate of drug-likeness (QED) is 0.404. The summed E-state index contributed by atoms with van der Waals surface area (Å²) in [6, 6.07) is 8.48. The average molecular weight is 473 g/mol. The molecule has 1 aliphatic rings. The number of benzene rings is 1. The number of hydrogen-bond donors (Lipinski definition) is 1. The summed E-state index contributed by atoms with van der Waals surface area (Å²) in [6.07, 6.45) is 0. The average Bonchev–Trinajstić information content (AvgIpc) is 2.59. The standard InChI is InChI=1S/C19H31N5O.HI/c1-5-20-19(24-12-10-23(11-13-24)16(2)25)21-14-17-8-6-7-9-18(17)15-22(3)4;/h6-9H,5,10-15H2,1-4H3,(H,20,21);1H. The molecule has 1 amide bonds. The zero-order valence-electron chi connectivity index (χ0n) is 16.4. The van der Waals surface area contributed by atoms with Gasteiger partial charge in [0, 0.05) is 46.2 Å². The first kappa shape index (κ1) is 22.7. The summed E-state index contributed by atoms with van der Waals surface area (Å²) in [5.41, 5.74) is 2.57. The Bertz CT molecular complexity index is 597. The first-order valence-electron chi connectivity index (χ1n) is 9.01. The number of guanidine groups is 1. The second-order valence-corrected chi connectivity index (χ2v) is 6.67. The zero-order chi connectivity index (χ0) is 18.2. The van der Waals surface area contributed by atoms with Crippen LogP contribution in [0.2, 0.25) is 0 Å². The van der Waals surface area contributed by atoms with E-state index in [9.17, 15) is 4.79 Å². The van der Waals surface area contributed by atoms with E-state index >= 15 is 0 Å². The summed E-state index contributed by atoms with van der Waals surface area (Å²) in [6.45, 7) is 9.31. The molecule has 6 nitrogen and oxygen atoms in total. The van der Waals surface area contributed by atoms with Crippen LogP contribution >= 0.6 is 24.0 Å². The first-order valence-corrected chi connectivity index (χ1v) is 9.01. The summed E-state index contributed by atoms with van der Waals surface area (Å²) in [5, 5.41) is 3.39. The van der Waals surface area contributed by atoms with Crippen LogP contribution in [0, 0.1) is 0 Å². The van der Waals surface area contributed by atoms with Gasteiger partial charge < -0.3 is 20.0 Å². The van der Waals surface area contributed by atoms with Crippen molar-refractivity contribution in [3.05, 3.63) is 35.4 Å². The summed E-state index contributed by atoms with van der Waals surface area (Å²) >= 11 is 0. The number of aliphatic imine (C=N–C) groups is 1. The molecule has 0 saturated carbocycles. The van der Waals surface area contributed by atoms with Crippen molar-refractivity contribution in [2.24, 2.45) is 4.99 Å². The Morgan fingerprint density at radius 3 is 2.23 bits per heavy atom. The molecule has 7 heteroatoms. The number of piperazine rings is 1. The fraction of sp³-hybridized carbons (Fsp3) is 0.579. The highest BCUT2D eigenvalue weighted by atomic mass is 127. The molecule has 0 unspecified atom stereocenters. The monoisotopic (exact) mass is 473 g/mol. The lowest BCUT2D eigenvalue weighted by Crippen LogP contribution is -2.53. The van der Waals surface area contributed by atoms with Gasteiger partial charge in [0.15, 0.2) is 5.96 Å². The van der Waals surface area contributed by atoms with E-state index in [1.54, 1.807) is 6.92 Å². The van der Waals surface area contributed by atoms with Crippen molar-refractivity contribution >= 4 is 35.8 Å². The Hall–Kier alpha value is -1.35. The van der Waals surface area contributed by atoms with Crippen LogP contribution in [0.25, 0.3) is 0 Å². The Labute approximate surface area is 174 Å². The normalized spacial score (nSPS) is 15.0. The van der Waals surface area contributed by atoms with Crippen molar-refractivity contribution in [3.8, 4) is 0 Å². The van der Waals surface area contributed by atoms with Crippen molar-refractivity contribution in [1.29, 1.82) is 0 Å².